The van der Waals surface area contributed by atoms with Gasteiger partial charge in [-0.05, 0) is 25.1 Å². The van der Waals surface area contributed by atoms with E-state index in [-0.39, 0.29) is 0 Å². The van der Waals surface area contributed by atoms with Gasteiger partial charge in [0.1, 0.15) is 0 Å². The van der Waals surface area contributed by atoms with Crippen LogP contribution in [0.2, 0.25) is 0 Å². The summed E-state index contributed by atoms with van der Waals surface area (Å²) in [6.07, 6.45) is 0.419. The normalized spacial score (nSPS) is 18.1. The number of hydrazone groups is 1. The van der Waals surface area contributed by atoms with Crippen molar-refractivity contribution in [3.8, 4) is 11.3 Å². The molecule has 5 aromatic rings. The molecular weight excluding hydrogens is 408 g/mol. The number of hydrogen-bond donors (Lipinski definition) is 1. The SMILES string of the molecule is CC1=NN(c2ccc3ccc4ccc(-c5ccccc5)nc4c3n2)C(O)(c2ccccc2)C1. The van der Waals surface area contributed by atoms with Crippen LogP contribution in [0.3, 0.4) is 0 Å². The molecule has 0 fully saturated rings. The molecule has 1 aliphatic rings. The van der Waals surface area contributed by atoms with Crippen molar-refractivity contribution in [2.45, 2.75) is 19.1 Å². The number of aromatic nitrogens is 2. The molecule has 33 heavy (non-hydrogen) atoms. The third-order valence-corrected chi connectivity index (χ3v) is 6.15. The van der Waals surface area contributed by atoms with Gasteiger partial charge >= 0.3 is 0 Å². The first kappa shape index (κ1) is 19.6. The van der Waals surface area contributed by atoms with Crippen molar-refractivity contribution < 1.29 is 5.11 Å². The average molecular weight is 431 g/mol. The number of hydrogen-bond acceptors (Lipinski definition) is 5. The quantitative estimate of drug-likeness (QED) is 0.363. The first-order valence-electron chi connectivity index (χ1n) is 11.0. The zero-order valence-corrected chi connectivity index (χ0v) is 18.2. The van der Waals surface area contributed by atoms with Gasteiger partial charge in [-0.25, -0.2) is 15.0 Å². The fraction of sp³-hybridized carbons (Fsp3) is 0.107. The van der Waals surface area contributed by atoms with Crippen molar-refractivity contribution in [2.75, 3.05) is 5.01 Å². The molecule has 1 unspecified atom stereocenters. The highest BCUT2D eigenvalue weighted by atomic mass is 16.3. The van der Waals surface area contributed by atoms with Crippen LogP contribution < -0.4 is 5.01 Å². The van der Waals surface area contributed by atoms with Crippen molar-refractivity contribution in [3.05, 3.63) is 103 Å². The van der Waals surface area contributed by atoms with Crippen LogP contribution in [-0.2, 0) is 5.72 Å². The summed E-state index contributed by atoms with van der Waals surface area (Å²) in [7, 11) is 0. The van der Waals surface area contributed by atoms with Gasteiger partial charge in [0, 0.05) is 34.0 Å². The molecule has 0 amide bonds. The Morgan fingerprint density at radius 1 is 0.727 bits per heavy atom. The predicted molar refractivity (Wildman–Crippen MR) is 133 cm³/mol. The number of rotatable bonds is 3. The Morgan fingerprint density at radius 2 is 1.33 bits per heavy atom. The first-order valence-corrected chi connectivity index (χ1v) is 11.0. The number of fused-ring (bicyclic) bond motifs is 3. The number of anilines is 1. The molecule has 0 aliphatic carbocycles. The van der Waals surface area contributed by atoms with Gasteiger partial charge in [-0.2, -0.15) is 5.10 Å². The molecule has 2 aromatic heterocycles. The van der Waals surface area contributed by atoms with Gasteiger partial charge in [0.05, 0.1) is 16.7 Å². The van der Waals surface area contributed by atoms with Crippen LogP contribution >= 0.6 is 0 Å². The summed E-state index contributed by atoms with van der Waals surface area (Å²) in [5.74, 6) is 0.588. The first-order chi connectivity index (χ1) is 16.1. The van der Waals surface area contributed by atoms with Crippen LogP contribution in [0.15, 0.2) is 102 Å². The molecule has 0 spiro atoms. The lowest BCUT2D eigenvalue weighted by Gasteiger charge is -2.32. The van der Waals surface area contributed by atoms with E-state index in [1.165, 1.54) is 0 Å². The van der Waals surface area contributed by atoms with Gasteiger partial charge in [-0.3, -0.25) is 0 Å². The summed E-state index contributed by atoms with van der Waals surface area (Å²) in [6.45, 7) is 1.93. The van der Waals surface area contributed by atoms with Gasteiger partial charge in [0.2, 0.25) is 0 Å². The molecule has 3 heterocycles. The molecule has 0 saturated carbocycles. The second-order valence-corrected chi connectivity index (χ2v) is 8.45. The Bertz CT molecular complexity index is 1520. The maximum absolute atomic E-state index is 11.7. The monoisotopic (exact) mass is 430 g/mol. The third kappa shape index (κ3) is 3.25. The lowest BCUT2D eigenvalue weighted by molar-refractivity contribution is 0.0486. The summed E-state index contributed by atoms with van der Waals surface area (Å²) in [5.41, 5.74) is 3.95. The number of aliphatic hydroxyl groups is 1. The molecule has 1 atom stereocenters. The Balaban J connectivity index is 1.53. The molecule has 0 radical (unpaired) electrons. The van der Waals surface area contributed by atoms with Crippen LogP contribution in [0.1, 0.15) is 18.9 Å². The topological polar surface area (TPSA) is 61.6 Å². The van der Waals surface area contributed by atoms with E-state index >= 15 is 0 Å². The minimum absolute atomic E-state index is 0.419. The van der Waals surface area contributed by atoms with E-state index in [9.17, 15) is 5.11 Å². The van der Waals surface area contributed by atoms with Gasteiger partial charge in [-0.1, -0.05) is 78.9 Å². The molecule has 0 bridgehead atoms. The van der Waals surface area contributed by atoms with E-state index in [1.54, 1.807) is 5.01 Å². The van der Waals surface area contributed by atoms with E-state index in [4.69, 9.17) is 9.97 Å². The molecule has 3 aromatic carbocycles. The Kier molecular flexibility index (Phi) is 4.45. The summed E-state index contributed by atoms with van der Waals surface area (Å²) >= 11 is 0. The van der Waals surface area contributed by atoms with Crippen molar-refractivity contribution in [2.24, 2.45) is 5.10 Å². The average Bonchev–Trinajstić information content (AvgIpc) is 3.19. The molecule has 5 nitrogen and oxygen atoms in total. The van der Waals surface area contributed by atoms with Gasteiger partial charge < -0.3 is 5.11 Å². The highest BCUT2D eigenvalue weighted by molar-refractivity contribution is 6.04. The minimum Gasteiger partial charge on any atom is -0.365 e. The summed E-state index contributed by atoms with van der Waals surface area (Å²) in [5, 5.41) is 20.0. The summed E-state index contributed by atoms with van der Waals surface area (Å²) in [4.78, 5) is 9.94. The zero-order chi connectivity index (χ0) is 22.4. The molecule has 1 N–H and O–H groups in total. The van der Waals surface area contributed by atoms with E-state index in [0.717, 1.165) is 44.3 Å². The van der Waals surface area contributed by atoms with Crippen molar-refractivity contribution in [1.29, 1.82) is 0 Å². The largest absolute Gasteiger partial charge is 0.365 e. The third-order valence-electron chi connectivity index (χ3n) is 6.15. The van der Waals surface area contributed by atoms with Crippen LogP contribution in [0.4, 0.5) is 5.82 Å². The van der Waals surface area contributed by atoms with E-state index in [0.29, 0.717) is 12.2 Å². The second kappa shape index (κ2) is 7.50. The van der Waals surface area contributed by atoms with Crippen LogP contribution in [-0.4, -0.2) is 20.8 Å². The van der Waals surface area contributed by atoms with E-state index in [1.807, 2.05) is 73.7 Å². The Morgan fingerprint density at radius 3 is 2.06 bits per heavy atom. The summed E-state index contributed by atoms with van der Waals surface area (Å²) in [6, 6.07) is 31.9. The maximum Gasteiger partial charge on any atom is 0.191 e. The van der Waals surface area contributed by atoms with Crippen LogP contribution in [0.5, 0.6) is 0 Å². The van der Waals surface area contributed by atoms with Crippen molar-refractivity contribution >= 4 is 33.3 Å². The molecule has 1 aliphatic heterocycles. The van der Waals surface area contributed by atoms with Gasteiger partial charge in [-0.15, -0.1) is 0 Å². The van der Waals surface area contributed by atoms with Gasteiger partial charge in [0.15, 0.2) is 11.5 Å². The highest BCUT2D eigenvalue weighted by Gasteiger charge is 2.42. The van der Waals surface area contributed by atoms with E-state index in [2.05, 4.69) is 35.4 Å². The number of benzene rings is 3. The number of pyridine rings is 2. The Labute approximate surface area is 191 Å². The number of nitrogens with zero attached hydrogens (tertiary/aromatic N) is 4. The van der Waals surface area contributed by atoms with Gasteiger partial charge in [0.25, 0.3) is 0 Å². The highest BCUT2D eigenvalue weighted by Crippen LogP contribution is 2.39. The minimum atomic E-state index is -1.28. The Hall–Kier alpha value is -4.09. The molecule has 6 rings (SSSR count). The van der Waals surface area contributed by atoms with Crippen LogP contribution in [0.25, 0.3) is 33.1 Å². The smallest absolute Gasteiger partial charge is 0.191 e. The fourth-order valence-corrected chi connectivity index (χ4v) is 4.54. The predicted octanol–water partition coefficient (Wildman–Crippen LogP) is 5.88. The standard InChI is InChI=1S/C28H22N4O/c1-19-18-28(33,23-10-6-3-7-11-23)32(31-19)25-17-15-22-13-12-21-14-16-24(20-8-4-2-5-9-20)29-26(21)27(22)30-25/h2-17,33H,18H2,1H3. The zero-order valence-electron chi connectivity index (χ0n) is 18.2. The molecule has 160 valence electrons. The maximum atomic E-state index is 11.7. The second-order valence-electron chi connectivity index (χ2n) is 8.45. The lowest BCUT2D eigenvalue weighted by atomic mass is 9.98. The fourth-order valence-electron chi connectivity index (χ4n) is 4.54. The van der Waals surface area contributed by atoms with E-state index < -0.39 is 5.72 Å². The molecular formula is C28H22N4O. The van der Waals surface area contributed by atoms with Crippen molar-refractivity contribution in [3.63, 3.8) is 0 Å². The molecule has 0 saturated heterocycles. The summed E-state index contributed by atoms with van der Waals surface area (Å²) < 4.78 is 0. The van der Waals surface area contributed by atoms with Crippen molar-refractivity contribution in [1.82, 2.24) is 9.97 Å². The van der Waals surface area contributed by atoms with Crippen LogP contribution in [0, 0.1) is 0 Å². The molecule has 5 heteroatoms. The lowest BCUT2D eigenvalue weighted by Crippen LogP contribution is -2.40.